The van der Waals surface area contributed by atoms with Crippen molar-refractivity contribution in [2.75, 3.05) is 19.4 Å². The van der Waals surface area contributed by atoms with E-state index in [-0.39, 0.29) is 36.9 Å². The van der Waals surface area contributed by atoms with Crippen molar-refractivity contribution < 1.29 is 24.1 Å². The number of ether oxygens (including phenoxy) is 3. The molecule has 0 saturated carbocycles. The molecule has 4 atom stereocenters. The van der Waals surface area contributed by atoms with E-state index in [1.807, 2.05) is 60.7 Å². The van der Waals surface area contributed by atoms with Crippen molar-refractivity contribution in [2.45, 2.75) is 37.2 Å². The SMILES string of the molecule is CN[C@H]1[C@H](n2cnc3c(=O)[nH]c(N)nc32)O[C@@](COCc2ccccc2)(C(=O)O)[C@H]1OCc1ccccc1. The summed E-state index contributed by atoms with van der Waals surface area (Å²) in [5, 5.41) is 13.7. The van der Waals surface area contributed by atoms with Crippen LogP contribution in [0.3, 0.4) is 0 Å². The third-order valence-corrected chi connectivity index (χ3v) is 6.54. The Labute approximate surface area is 217 Å². The lowest BCUT2D eigenvalue weighted by molar-refractivity contribution is -0.194. The Balaban J connectivity index is 1.52. The highest BCUT2D eigenvalue weighted by molar-refractivity contribution is 5.79. The zero-order valence-electron chi connectivity index (χ0n) is 20.6. The van der Waals surface area contributed by atoms with Crippen molar-refractivity contribution >= 4 is 23.1 Å². The van der Waals surface area contributed by atoms with Gasteiger partial charge in [0, 0.05) is 0 Å². The first kappa shape index (κ1) is 25.5. The summed E-state index contributed by atoms with van der Waals surface area (Å²) in [5.74, 6) is -1.35. The van der Waals surface area contributed by atoms with Gasteiger partial charge in [-0.15, -0.1) is 0 Å². The predicted octanol–water partition coefficient (Wildman–Crippen LogP) is 1.44. The van der Waals surface area contributed by atoms with Gasteiger partial charge in [-0.2, -0.15) is 4.98 Å². The van der Waals surface area contributed by atoms with E-state index in [2.05, 4.69) is 20.3 Å². The van der Waals surface area contributed by atoms with Crippen LogP contribution in [0.2, 0.25) is 0 Å². The molecule has 5 N–H and O–H groups in total. The Morgan fingerprint density at radius 2 is 1.82 bits per heavy atom. The number of nitrogens with two attached hydrogens (primary N) is 1. The number of carbonyl (C=O) groups is 1. The highest BCUT2D eigenvalue weighted by atomic mass is 16.6. The Morgan fingerprint density at radius 3 is 2.45 bits per heavy atom. The third kappa shape index (κ3) is 4.77. The number of anilines is 1. The Hall–Kier alpha value is -4.10. The monoisotopic (exact) mass is 520 g/mol. The Morgan fingerprint density at radius 1 is 1.16 bits per heavy atom. The molecule has 0 radical (unpaired) electrons. The molecule has 1 aliphatic rings. The highest BCUT2D eigenvalue weighted by Gasteiger charge is 2.61. The number of H-pyrrole nitrogens is 1. The minimum atomic E-state index is -1.90. The molecule has 2 aromatic carbocycles. The van der Waals surface area contributed by atoms with Crippen LogP contribution < -0.4 is 16.6 Å². The number of carboxylic acid groups (broad SMARTS) is 1. The van der Waals surface area contributed by atoms with Gasteiger partial charge in [-0.3, -0.25) is 14.3 Å². The van der Waals surface area contributed by atoms with Gasteiger partial charge < -0.3 is 30.4 Å². The molecule has 0 spiro atoms. The number of aromatic amines is 1. The summed E-state index contributed by atoms with van der Waals surface area (Å²) in [5.41, 5.74) is 5.32. The van der Waals surface area contributed by atoms with Crippen LogP contribution >= 0.6 is 0 Å². The van der Waals surface area contributed by atoms with E-state index in [0.29, 0.717) is 0 Å². The summed E-state index contributed by atoms with van der Waals surface area (Å²) in [6, 6.07) is 18.1. The number of hydrogen-bond acceptors (Lipinski definition) is 9. The van der Waals surface area contributed by atoms with Gasteiger partial charge >= 0.3 is 5.97 Å². The fourth-order valence-electron chi connectivity index (χ4n) is 4.69. The second kappa shape index (κ2) is 10.7. The molecule has 4 aromatic rings. The number of fused-ring (bicyclic) bond motifs is 1. The first-order valence-corrected chi connectivity index (χ1v) is 12.0. The van der Waals surface area contributed by atoms with Crippen LogP contribution in [0.15, 0.2) is 71.8 Å². The molecule has 198 valence electrons. The summed E-state index contributed by atoms with van der Waals surface area (Å²) in [7, 11) is 1.68. The second-order valence-corrected chi connectivity index (χ2v) is 8.99. The molecule has 1 saturated heterocycles. The van der Waals surface area contributed by atoms with E-state index in [0.717, 1.165) is 11.1 Å². The topological polar surface area (TPSA) is 167 Å². The molecule has 5 rings (SSSR count). The first-order valence-electron chi connectivity index (χ1n) is 12.0. The van der Waals surface area contributed by atoms with Gasteiger partial charge in [0.25, 0.3) is 5.56 Å². The number of imidazole rings is 1. The van der Waals surface area contributed by atoms with Crippen molar-refractivity contribution in [3.05, 3.63) is 88.5 Å². The third-order valence-electron chi connectivity index (χ3n) is 6.54. The predicted molar refractivity (Wildman–Crippen MR) is 137 cm³/mol. The maximum atomic E-state index is 12.9. The lowest BCUT2D eigenvalue weighted by Gasteiger charge is -2.31. The molecular formula is C26H28N6O6. The van der Waals surface area contributed by atoms with Crippen LogP contribution in [0.1, 0.15) is 17.4 Å². The number of carboxylic acids is 1. The lowest BCUT2D eigenvalue weighted by Crippen LogP contribution is -2.56. The molecule has 12 heteroatoms. The zero-order valence-corrected chi connectivity index (χ0v) is 20.6. The zero-order chi connectivity index (χ0) is 26.7. The number of hydrogen-bond donors (Lipinski definition) is 4. The number of nitrogens with zero attached hydrogens (tertiary/aromatic N) is 3. The second-order valence-electron chi connectivity index (χ2n) is 8.99. The van der Waals surface area contributed by atoms with Crippen molar-refractivity contribution in [2.24, 2.45) is 0 Å². The number of nitrogen functional groups attached to an aromatic ring is 1. The minimum absolute atomic E-state index is 0.0487. The van der Waals surface area contributed by atoms with Crippen LogP contribution in [0.5, 0.6) is 0 Å². The van der Waals surface area contributed by atoms with Crippen LogP contribution in [-0.2, 0) is 32.2 Å². The van der Waals surface area contributed by atoms with Crippen LogP contribution in [-0.4, -0.2) is 62.0 Å². The average molecular weight is 521 g/mol. The van der Waals surface area contributed by atoms with Crippen LogP contribution in [0, 0.1) is 0 Å². The summed E-state index contributed by atoms with van der Waals surface area (Å²) < 4.78 is 20.0. The van der Waals surface area contributed by atoms with Crippen molar-refractivity contribution in [3.63, 3.8) is 0 Å². The first-order chi connectivity index (χ1) is 18.4. The number of likely N-dealkylation sites (N-methyl/N-ethyl adjacent to an activating group) is 1. The molecule has 0 aliphatic carbocycles. The van der Waals surface area contributed by atoms with Crippen molar-refractivity contribution in [1.29, 1.82) is 0 Å². The number of nitrogens with one attached hydrogen (secondary N) is 2. The molecule has 0 bridgehead atoms. The molecule has 1 fully saturated rings. The maximum absolute atomic E-state index is 12.9. The van der Waals surface area contributed by atoms with Gasteiger partial charge in [-0.1, -0.05) is 60.7 Å². The summed E-state index contributed by atoms with van der Waals surface area (Å²) in [6.45, 7) is 0.0260. The largest absolute Gasteiger partial charge is 0.479 e. The number of aliphatic carboxylic acids is 1. The van der Waals surface area contributed by atoms with E-state index < -0.39 is 35.5 Å². The average Bonchev–Trinajstić information content (AvgIpc) is 3.48. The summed E-state index contributed by atoms with van der Waals surface area (Å²) in [6.07, 6.45) is -0.586. The lowest BCUT2D eigenvalue weighted by atomic mass is 9.94. The quantitative estimate of drug-likeness (QED) is 0.240. The van der Waals surface area contributed by atoms with Crippen LogP contribution in [0.25, 0.3) is 11.2 Å². The summed E-state index contributed by atoms with van der Waals surface area (Å²) in [4.78, 5) is 36.1. The molecular weight excluding hydrogens is 492 g/mol. The van der Waals surface area contributed by atoms with Gasteiger partial charge in [-0.25, -0.2) is 9.78 Å². The minimum Gasteiger partial charge on any atom is -0.479 e. The molecule has 0 unspecified atom stereocenters. The van der Waals surface area contributed by atoms with Gasteiger partial charge in [0.05, 0.1) is 32.2 Å². The molecule has 3 heterocycles. The highest BCUT2D eigenvalue weighted by Crippen LogP contribution is 2.41. The standard InChI is InChI=1S/C26H28N6O6/c1-28-18-20(37-13-17-10-6-3-7-11-17)26(24(34)35,14-36-12-16-8-4-2-5-9-16)38-23(18)32-15-29-19-21(32)30-25(27)31-22(19)33/h2-11,15,18,20,23,28H,12-14H2,1H3,(H,34,35)(H3,27,30,31,33)/t18-,20+,23-,26-/m1/s1. The van der Waals surface area contributed by atoms with Gasteiger partial charge in [0.2, 0.25) is 11.5 Å². The van der Waals surface area contributed by atoms with Crippen molar-refractivity contribution in [3.8, 4) is 0 Å². The number of benzene rings is 2. The van der Waals surface area contributed by atoms with E-state index in [1.54, 1.807) is 7.05 Å². The Kier molecular flexibility index (Phi) is 7.20. The molecule has 2 aromatic heterocycles. The van der Waals surface area contributed by atoms with E-state index in [1.165, 1.54) is 10.9 Å². The number of aromatic nitrogens is 4. The van der Waals surface area contributed by atoms with E-state index >= 15 is 0 Å². The fraction of sp³-hybridized carbons (Fsp3) is 0.308. The van der Waals surface area contributed by atoms with Crippen molar-refractivity contribution in [1.82, 2.24) is 24.8 Å². The van der Waals surface area contributed by atoms with Gasteiger partial charge in [0.1, 0.15) is 6.10 Å². The van der Waals surface area contributed by atoms with Gasteiger partial charge in [0.15, 0.2) is 17.4 Å². The number of rotatable bonds is 10. The molecule has 12 nitrogen and oxygen atoms in total. The molecule has 38 heavy (non-hydrogen) atoms. The molecule has 1 aliphatic heterocycles. The normalized spacial score (nSPS) is 23.1. The van der Waals surface area contributed by atoms with E-state index in [4.69, 9.17) is 19.9 Å². The smallest absolute Gasteiger partial charge is 0.341 e. The van der Waals surface area contributed by atoms with Gasteiger partial charge in [-0.05, 0) is 18.2 Å². The van der Waals surface area contributed by atoms with Crippen LogP contribution in [0.4, 0.5) is 5.95 Å². The Bertz CT molecular complexity index is 1460. The van der Waals surface area contributed by atoms with E-state index in [9.17, 15) is 14.7 Å². The molecule has 0 amide bonds. The summed E-state index contributed by atoms with van der Waals surface area (Å²) >= 11 is 0. The maximum Gasteiger partial charge on any atom is 0.341 e. The fourth-order valence-corrected chi connectivity index (χ4v) is 4.69.